The maximum absolute atomic E-state index is 4.61. The number of aryl methyl sites for hydroxylation is 1. The van der Waals surface area contributed by atoms with E-state index in [9.17, 15) is 0 Å². The Balaban J connectivity index is 1.38. The van der Waals surface area contributed by atoms with Gasteiger partial charge in [-0.3, -0.25) is 4.98 Å². The molecular formula is C20H17N9. The second kappa shape index (κ2) is 7.12. The Hall–Kier alpha value is -4.14. The predicted molar refractivity (Wildman–Crippen MR) is 108 cm³/mol. The lowest BCUT2D eigenvalue weighted by Crippen LogP contribution is -2.07. The number of H-pyrrole nitrogens is 1. The number of hydrogen-bond acceptors (Lipinski definition) is 7. The van der Waals surface area contributed by atoms with Crippen LogP contribution in [-0.4, -0.2) is 40.2 Å². The summed E-state index contributed by atoms with van der Waals surface area (Å²) in [6, 6.07) is 15.8. The van der Waals surface area contributed by atoms with Crippen molar-refractivity contribution in [1.82, 2.24) is 40.2 Å². The summed E-state index contributed by atoms with van der Waals surface area (Å²) in [7, 11) is 0. The van der Waals surface area contributed by atoms with Gasteiger partial charge in [-0.15, -0.1) is 10.2 Å². The third-order valence-corrected chi connectivity index (χ3v) is 4.59. The first-order valence-electron chi connectivity index (χ1n) is 9.11. The Labute approximate surface area is 165 Å². The molecule has 0 saturated heterocycles. The van der Waals surface area contributed by atoms with Crippen LogP contribution in [0.1, 0.15) is 11.4 Å². The van der Waals surface area contributed by atoms with E-state index < -0.39 is 0 Å². The van der Waals surface area contributed by atoms with Crippen LogP contribution in [0.5, 0.6) is 0 Å². The maximum Gasteiger partial charge on any atom is 0.205 e. The first-order valence-corrected chi connectivity index (χ1v) is 9.11. The van der Waals surface area contributed by atoms with Crippen molar-refractivity contribution in [3.63, 3.8) is 0 Å². The normalized spacial score (nSPS) is 11.1. The molecule has 142 valence electrons. The van der Waals surface area contributed by atoms with Crippen molar-refractivity contribution in [2.24, 2.45) is 0 Å². The molecule has 9 nitrogen and oxygen atoms in total. The van der Waals surface area contributed by atoms with Gasteiger partial charge in [0.05, 0.1) is 18.4 Å². The molecule has 0 unspecified atom stereocenters. The third kappa shape index (κ3) is 3.29. The average Bonchev–Trinajstić information content (AvgIpc) is 3.44. The van der Waals surface area contributed by atoms with Gasteiger partial charge in [-0.1, -0.05) is 30.3 Å². The van der Waals surface area contributed by atoms with Gasteiger partial charge in [-0.25, -0.2) is 4.98 Å². The summed E-state index contributed by atoms with van der Waals surface area (Å²) in [6.07, 6.45) is 3.60. The molecule has 0 bridgehead atoms. The number of pyridine rings is 1. The molecule has 0 saturated carbocycles. The molecule has 0 spiro atoms. The number of hydrogen-bond donors (Lipinski definition) is 2. The minimum Gasteiger partial charge on any atom is -0.364 e. The fourth-order valence-electron chi connectivity index (χ4n) is 3.24. The van der Waals surface area contributed by atoms with E-state index >= 15 is 0 Å². The highest BCUT2D eigenvalue weighted by molar-refractivity contribution is 5.79. The zero-order valence-electron chi connectivity index (χ0n) is 15.6. The van der Waals surface area contributed by atoms with Crippen LogP contribution in [0.4, 0.5) is 5.82 Å². The fraction of sp³-hybridized carbons (Fsp3) is 0.100. The molecule has 0 aliphatic carbocycles. The molecule has 2 N–H and O–H groups in total. The van der Waals surface area contributed by atoms with Crippen molar-refractivity contribution in [2.75, 3.05) is 5.32 Å². The van der Waals surface area contributed by atoms with Crippen LogP contribution in [0.15, 0.2) is 60.9 Å². The number of rotatable bonds is 5. The Morgan fingerprint density at radius 1 is 1.07 bits per heavy atom. The van der Waals surface area contributed by atoms with E-state index in [0.29, 0.717) is 12.4 Å². The molecule has 0 atom stereocenters. The van der Waals surface area contributed by atoms with Crippen molar-refractivity contribution in [1.29, 1.82) is 0 Å². The van der Waals surface area contributed by atoms with E-state index in [1.54, 1.807) is 10.7 Å². The molecule has 0 amide bonds. The maximum atomic E-state index is 4.61. The highest BCUT2D eigenvalue weighted by Gasteiger charge is 2.11. The summed E-state index contributed by atoms with van der Waals surface area (Å²) < 4.78 is 1.78. The standard InChI is InChI=1S/C20H17N9/c1-13-10-19(29-18(24-13)8-9-23-29)22-12-15-7-6-14(11-21-15)16-4-2-3-5-17(16)20-25-27-28-26-20/h2-11,22H,12H2,1H3,(H,25,26,27,28). The number of nitrogens with zero attached hydrogens (tertiary/aromatic N) is 7. The molecule has 5 rings (SSSR count). The topological polar surface area (TPSA) is 110 Å². The number of tetrazole rings is 1. The molecule has 4 heterocycles. The van der Waals surface area contributed by atoms with Crippen LogP contribution in [-0.2, 0) is 6.54 Å². The highest BCUT2D eigenvalue weighted by Crippen LogP contribution is 2.29. The van der Waals surface area contributed by atoms with E-state index in [1.165, 1.54) is 0 Å². The van der Waals surface area contributed by atoms with Gasteiger partial charge in [-0.2, -0.15) is 14.8 Å². The van der Waals surface area contributed by atoms with Gasteiger partial charge in [0.15, 0.2) is 5.65 Å². The minimum atomic E-state index is 0.558. The fourth-order valence-corrected chi connectivity index (χ4v) is 3.24. The molecule has 5 aromatic rings. The minimum absolute atomic E-state index is 0.558. The van der Waals surface area contributed by atoms with Crippen LogP contribution in [0, 0.1) is 6.92 Å². The van der Waals surface area contributed by atoms with Crippen molar-refractivity contribution in [3.8, 4) is 22.5 Å². The number of anilines is 1. The average molecular weight is 383 g/mol. The van der Waals surface area contributed by atoms with Gasteiger partial charge >= 0.3 is 0 Å². The quantitative estimate of drug-likeness (QED) is 0.480. The number of benzene rings is 1. The second-order valence-electron chi connectivity index (χ2n) is 6.56. The Morgan fingerprint density at radius 3 is 2.76 bits per heavy atom. The zero-order chi connectivity index (χ0) is 19.6. The summed E-state index contributed by atoms with van der Waals surface area (Å²) in [6.45, 7) is 2.54. The van der Waals surface area contributed by atoms with E-state index in [1.807, 2.05) is 61.7 Å². The SMILES string of the molecule is Cc1cc(NCc2ccc(-c3ccccc3-c3nn[nH]n3)cn2)n2nccc2n1. The van der Waals surface area contributed by atoms with Crippen LogP contribution in [0.25, 0.3) is 28.2 Å². The molecule has 0 radical (unpaired) electrons. The van der Waals surface area contributed by atoms with Crippen molar-refractivity contribution >= 4 is 11.5 Å². The predicted octanol–water partition coefficient (Wildman–Crippen LogP) is 2.89. The largest absolute Gasteiger partial charge is 0.364 e. The van der Waals surface area contributed by atoms with Gasteiger partial charge in [-0.05, 0) is 23.8 Å². The molecule has 29 heavy (non-hydrogen) atoms. The molecule has 1 aromatic carbocycles. The van der Waals surface area contributed by atoms with Crippen LogP contribution >= 0.6 is 0 Å². The van der Waals surface area contributed by atoms with Crippen LogP contribution in [0.3, 0.4) is 0 Å². The molecule has 9 heteroatoms. The first-order chi connectivity index (χ1) is 14.3. The first kappa shape index (κ1) is 17.0. The lowest BCUT2D eigenvalue weighted by atomic mass is 10.0. The molecule has 4 aromatic heterocycles. The summed E-state index contributed by atoms with van der Waals surface area (Å²) >= 11 is 0. The summed E-state index contributed by atoms with van der Waals surface area (Å²) in [5, 5.41) is 22.0. The monoisotopic (exact) mass is 383 g/mol. The summed E-state index contributed by atoms with van der Waals surface area (Å²) in [5.74, 6) is 1.44. The number of nitrogens with one attached hydrogen (secondary N) is 2. The van der Waals surface area contributed by atoms with Crippen molar-refractivity contribution in [2.45, 2.75) is 13.5 Å². The van der Waals surface area contributed by atoms with Gasteiger partial charge in [0.25, 0.3) is 0 Å². The molecule has 0 aliphatic rings. The second-order valence-corrected chi connectivity index (χ2v) is 6.56. The van der Waals surface area contributed by atoms with E-state index in [-0.39, 0.29) is 0 Å². The number of aromatic amines is 1. The van der Waals surface area contributed by atoms with Gasteiger partial charge < -0.3 is 5.32 Å². The van der Waals surface area contributed by atoms with E-state index in [2.05, 4.69) is 41.0 Å². The van der Waals surface area contributed by atoms with Crippen LogP contribution < -0.4 is 5.32 Å². The summed E-state index contributed by atoms with van der Waals surface area (Å²) in [4.78, 5) is 9.06. The Kier molecular flexibility index (Phi) is 4.17. The number of fused-ring (bicyclic) bond motifs is 1. The molecule has 0 aliphatic heterocycles. The molecule has 0 fully saturated rings. The third-order valence-electron chi connectivity index (χ3n) is 4.59. The zero-order valence-corrected chi connectivity index (χ0v) is 15.6. The Morgan fingerprint density at radius 2 is 1.97 bits per heavy atom. The smallest absolute Gasteiger partial charge is 0.205 e. The lowest BCUT2D eigenvalue weighted by Gasteiger charge is -2.10. The van der Waals surface area contributed by atoms with Gasteiger partial charge in [0, 0.05) is 35.2 Å². The molecular weight excluding hydrogens is 366 g/mol. The summed E-state index contributed by atoms with van der Waals surface area (Å²) in [5.41, 5.74) is 5.56. The number of aromatic nitrogens is 8. The van der Waals surface area contributed by atoms with Crippen molar-refractivity contribution < 1.29 is 0 Å². The van der Waals surface area contributed by atoms with Gasteiger partial charge in [0.1, 0.15) is 5.82 Å². The lowest BCUT2D eigenvalue weighted by molar-refractivity contribution is 0.881. The Bertz CT molecular complexity index is 1260. The van der Waals surface area contributed by atoms with E-state index in [0.717, 1.165) is 39.5 Å². The van der Waals surface area contributed by atoms with Crippen molar-refractivity contribution in [3.05, 3.63) is 72.3 Å². The van der Waals surface area contributed by atoms with Crippen LogP contribution in [0.2, 0.25) is 0 Å². The van der Waals surface area contributed by atoms with Gasteiger partial charge in [0.2, 0.25) is 5.82 Å². The highest BCUT2D eigenvalue weighted by atomic mass is 15.5. The van der Waals surface area contributed by atoms with E-state index in [4.69, 9.17) is 0 Å².